The zero-order chi connectivity index (χ0) is 15.2. The van der Waals surface area contributed by atoms with Crippen LogP contribution in [0.2, 0.25) is 0 Å². The molecule has 0 radical (unpaired) electrons. The first-order chi connectivity index (χ1) is 10.4. The van der Waals surface area contributed by atoms with E-state index in [2.05, 4.69) is 60.7 Å². The Balaban J connectivity index is 0.000000677. The summed E-state index contributed by atoms with van der Waals surface area (Å²) in [6, 6.07) is 21.7. The number of hydrogen-bond donors (Lipinski definition) is 0. The second-order valence-electron chi connectivity index (χ2n) is 4.34. The van der Waals surface area contributed by atoms with Crippen molar-refractivity contribution in [2.75, 3.05) is 12.3 Å². The van der Waals surface area contributed by atoms with Gasteiger partial charge in [0.15, 0.2) is 0 Å². The normalized spacial score (nSPS) is 11.1. The van der Waals surface area contributed by atoms with E-state index in [0.29, 0.717) is 0 Å². The maximum absolute atomic E-state index is 4.81. The van der Waals surface area contributed by atoms with E-state index < -0.39 is 0 Å². The Morgan fingerprint density at radius 3 is 1.33 bits per heavy atom. The molecule has 2 aromatic carbocycles. The standard InChI is InChI=1S/C16H20P2.2ClH.Pd/c1-3-9-15(10-4-1)17-13-7-8-14-18-16-11-5-2-6-12-16;;;/h1-6,9-12,17-18H,7-8,13-14H2;2*1H;/q;;;+2/p-2. The molecule has 0 fully saturated rings. The molecule has 2 rings (SSSR count). The van der Waals surface area contributed by atoms with Crippen molar-refractivity contribution in [3.63, 3.8) is 0 Å². The topological polar surface area (TPSA) is 0 Å². The zero-order valence-electron chi connectivity index (χ0n) is 11.7. The molecule has 0 amide bonds. The molecule has 2 aromatic rings. The molecular formula is C16H20Cl2P2Pd. The van der Waals surface area contributed by atoms with Crippen LogP contribution < -0.4 is 10.6 Å². The molecule has 0 N–H and O–H groups in total. The third-order valence-electron chi connectivity index (χ3n) is 2.81. The Morgan fingerprint density at radius 1 is 0.667 bits per heavy atom. The predicted octanol–water partition coefficient (Wildman–Crippen LogP) is 5.15. The van der Waals surface area contributed by atoms with E-state index in [-0.39, 0.29) is 15.9 Å². The molecule has 0 aliphatic rings. The number of benzene rings is 2. The minimum absolute atomic E-state index is 0.106. The van der Waals surface area contributed by atoms with E-state index in [0.717, 1.165) is 17.2 Å². The summed E-state index contributed by atoms with van der Waals surface area (Å²) in [6.07, 6.45) is 5.44. The van der Waals surface area contributed by atoms with E-state index in [1.807, 2.05) is 0 Å². The van der Waals surface area contributed by atoms with Gasteiger partial charge in [0.1, 0.15) is 0 Å². The van der Waals surface area contributed by atoms with Crippen molar-refractivity contribution in [1.82, 2.24) is 0 Å². The molecule has 118 valence electrons. The van der Waals surface area contributed by atoms with Crippen LogP contribution in [-0.4, -0.2) is 12.3 Å². The third kappa shape index (κ3) is 10.8. The van der Waals surface area contributed by atoms with E-state index >= 15 is 0 Å². The van der Waals surface area contributed by atoms with Crippen LogP contribution in [0.3, 0.4) is 0 Å². The summed E-state index contributed by atoms with van der Waals surface area (Å²) in [5.41, 5.74) is 0. The molecule has 21 heavy (non-hydrogen) atoms. The van der Waals surface area contributed by atoms with Crippen LogP contribution in [0, 0.1) is 0 Å². The van der Waals surface area contributed by atoms with Gasteiger partial charge in [0, 0.05) is 0 Å². The SMILES string of the molecule is [Cl][Pd][Cl].c1ccc(PCCCCPc2ccccc2)cc1. The van der Waals surface area contributed by atoms with Gasteiger partial charge in [-0.3, -0.25) is 0 Å². The molecule has 0 saturated carbocycles. The van der Waals surface area contributed by atoms with E-state index in [1.54, 1.807) is 0 Å². The van der Waals surface area contributed by atoms with Gasteiger partial charge >= 0.3 is 35.0 Å². The average Bonchev–Trinajstić information content (AvgIpc) is 2.53. The predicted molar refractivity (Wildman–Crippen MR) is 99.5 cm³/mol. The van der Waals surface area contributed by atoms with Crippen LogP contribution in [0.5, 0.6) is 0 Å². The number of hydrogen-bond acceptors (Lipinski definition) is 0. The maximum Gasteiger partial charge on any atom is -0.0271 e. The molecule has 0 bridgehead atoms. The Hall–Kier alpha value is 0.542. The summed E-state index contributed by atoms with van der Waals surface area (Å²) in [5.74, 6) is 0. The van der Waals surface area contributed by atoms with Gasteiger partial charge in [-0.15, -0.1) is 0 Å². The molecule has 2 atom stereocenters. The fourth-order valence-electron chi connectivity index (χ4n) is 1.83. The summed E-state index contributed by atoms with van der Waals surface area (Å²) < 4.78 is 0. The van der Waals surface area contributed by atoms with Crippen LogP contribution in [-0.2, 0) is 15.9 Å². The van der Waals surface area contributed by atoms with E-state index in [9.17, 15) is 0 Å². The Labute approximate surface area is 148 Å². The molecule has 0 spiro atoms. The molecule has 0 nitrogen and oxygen atoms in total. The van der Waals surface area contributed by atoms with Gasteiger partial charge in [-0.05, 0) is 35.8 Å². The summed E-state index contributed by atoms with van der Waals surface area (Å²) in [7, 11) is 11.6. The third-order valence-corrected chi connectivity index (χ3v) is 5.50. The average molecular weight is 452 g/mol. The van der Waals surface area contributed by atoms with Crippen molar-refractivity contribution in [2.24, 2.45) is 0 Å². The number of halogens is 2. The molecule has 0 aliphatic heterocycles. The van der Waals surface area contributed by atoms with Gasteiger partial charge < -0.3 is 0 Å². The van der Waals surface area contributed by atoms with Crippen molar-refractivity contribution >= 4 is 46.8 Å². The first-order valence-corrected chi connectivity index (χ1v) is 13.2. The first-order valence-electron chi connectivity index (χ1n) is 6.77. The van der Waals surface area contributed by atoms with Crippen molar-refractivity contribution < 1.29 is 15.9 Å². The fraction of sp³-hybridized carbons (Fsp3) is 0.250. The molecule has 5 heteroatoms. The van der Waals surface area contributed by atoms with Gasteiger partial charge in [0.25, 0.3) is 0 Å². The molecule has 0 saturated heterocycles. The van der Waals surface area contributed by atoms with Gasteiger partial charge in [0.2, 0.25) is 0 Å². The largest absolute Gasteiger partial charge is 0.0904 e. The number of unbranched alkanes of at least 4 members (excludes halogenated alkanes) is 1. The van der Waals surface area contributed by atoms with Gasteiger partial charge in [0.05, 0.1) is 0 Å². The quantitative estimate of drug-likeness (QED) is 0.310. The minimum Gasteiger partial charge on any atom is -0.0904 e. The summed E-state index contributed by atoms with van der Waals surface area (Å²) in [6.45, 7) is 0. The summed E-state index contributed by atoms with van der Waals surface area (Å²) >= 11 is -0.106. The maximum atomic E-state index is 4.81. The van der Waals surface area contributed by atoms with Crippen molar-refractivity contribution in [3.8, 4) is 0 Å². The van der Waals surface area contributed by atoms with Gasteiger partial charge in [-0.2, -0.15) is 0 Å². The molecule has 0 heterocycles. The van der Waals surface area contributed by atoms with Crippen molar-refractivity contribution in [2.45, 2.75) is 12.8 Å². The van der Waals surface area contributed by atoms with Crippen molar-refractivity contribution in [3.05, 3.63) is 60.7 Å². The minimum atomic E-state index is -0.106. The molecular weight excluding hydrogens is 431 g/mol. The van der Waals surface area contributed by atoms with E-state index in [1.165, 1.54) is 35.8 Å². The van der Waals surface area contributed by atoms with Crippen LogP contribution in [0.25, 0.3) is 0 Å². The second kappa shape index (κ2) is 14.2. The van der Waals surface area contributed by atoms with Crippen LogP contribution in [0.4, 0.5) is 0 Å². The van der Waals surface area contributed by atoms with Crippen LogP contribution in [0.15, 0.2) is 60.7 Å². The monoisotopic (exact) mass is 450 g/mol. The fourth-order valence-corrected chi connectivity index (χ4v) is 4.11. The second-order valence-corrected chi connectivity index (χ2v) is 9.56. The molecule has 0 aliphatic carbocycles. The van der Waals surface area contributed by atoms with Gasteiger partial charge in [-0.25, -0.2) is 0 Å². The first kappa shape index (κ1) is 19.6. The number of rotatable bonds is 7. The Kier molecular flexibility index (Phi) is 13.2. The zero-order valence-corrected chi connectivity index (χ0v) is 16.7. The molecule has 2 unspecified atom stereocenters. The van der Waals surface area contributed by atoms with Crippen LogP contribution >= 0.6 is 36.2 Å². The smallest absolute Gasteiger partial charge is 0.0271 e. The summed E-state index contributed by atoms with van der Waals surface area (Å²) in [5, 5.41) is 3.01. The van der Waals surface area contributed by atoms with Crippen LogP contribution in [0.1, 0.15) is 12.8 Å². The molecule has 0 aromatic heterocycles. The van der Waals surface area contributed by atoms with Crippen molar-refractivity contribution in [1.29, 1.82) is 0 Å². The summed E-state index contributed by atoms with van der Waals surface area (Å²) in [4.78, 5) is 0. The Morgan fingerprint density at radius 2 is 1.00 bits per heavy atom. The Bertz CT molecular complexity index is 411. The van der Waals surface area contributed by atoms with E-state index in [4.69, 9.17) is 19.1 Å². The van der Waals surface area contributed by atoms with Gasteiger partial charge in [-0.1, -0.05) is 77.8 Å².